The van der Waals surface area contributed by atoms with Crippen LogP contribution in [-0.2, 0) is 4.74 Å². The van der Waals surface area contributed by atoms with E-state index in [1.54, 1.807) is 0 Å². The third-order valence-electron chi connectivity index (χ3n) is 3.47. The number of likely N-dealkylation sites (N-methyl/N-ethyl adjacent to an activating group) is 1. The average Bonchev–Trinajstić information content (AvgIpc) is 2.86. The van der Waals surface area contributed by atoms with E-state index in [1.165, 1.54) is 10.7 Å². The van der Waals surface area contributed by atoms with E-state index in [1.807, 2.05) is 18.4 Å². The molecule has 3 nitrogen and oxygen atoms in total. The SMILES string of the molecule is CCC(CNC)c1nc(C2CCOCC2)cs1. The monoisotopic (exact) mass is 254 g/mol. The van der Waals surface area contributed by atoms with Crippen molar-refractivity contribution < 1.29 is 4.74 Å². The molecule has 4 heteroatoms. The lowest BCUT2D eigenvalue weighted by Gasteiger charge is -2.20. The molecule has 1 fully saturated rings. The zero-order chi connectivity index (χ0) is 12.1. The molecular formula is C13H22N2OS. The predicted molar refractivity (Wildman–Crippen MR) is 71.9 cm³/mol. The third-order valence-corrected chi connectivity index (χ3v) is 4.50. The van der Waals surface area contributed by atoms with Crippen molar-refractivity contribution in [3.63, 3.8) is 0 Å². The van der Waals surface area contributed by atoms with Crippen molar-refractivity contribution in [2.75, 3.05) is 26.8 Å². The van der Waals surface area contributed by atoms with Crippen LogP contribution in [0.3, 0.4) is 0 Å². The molecule has 17 heavy (non-hydrogen) atoms. The molecule has 2 rings (SSSR count). The van der Waals surface area contributed by atoms with Gasteiger partial charge in [-0.05, 0) is 26.3 Å². The highest BCUT2D eigenvalue weighted by Crippen LogP contribution is 2.30. The summed E-state index contributed by atoms with van der Waals surface area (Å²) in [6.07, 6.45) is 3.42. The molecule has 1 unspecified atom stereocenters. The molecule has 1 aromatic heterocycles. The maximum atomic E-state index is 5.40. The maximum Gasteiger partial charge on any atom is 0.0971 e. The van der Waals surface area contributed by atoms with Crippen molar-refractivity contribution >= 4 is 11.3 Å². The van der Waals surface area contributed by atoms with E-state index in [4.69, 9.17) is 9.72 Å². The van der Waals surface area contributed by atoms with Crippen LogP contribution in [0.15, 0.2) is 5.38 Å². The molecule has 1 aromatic rings. The fourth-order valence-electron chi connectivity index (χ4n) is 2.32. The lowest BCUT2D eigenvalue weighted by Crippen LogP contribution is -2.17. The Morgan fingerprint density at radius 1 is 1.53 bits per heavy atom. The Balaban J connectivity index is 2.03. The largest absolute Gasteiger partial charge is 0.381 e. The van der Waals surface area contributed by atoms with Gasteiger partial charge in [-0.25, -0.2) is 4.98 Å². The average molecular weight is 254 g/mol. The van der Waals surface area contributed by atoms with Gasteiger partial charge in [0.1, 0.15) is 0 Å². The van der Waals surface area contributed by atoms with Gasteiger partial charge >= 0.3 is 0 Å². The molecule has 0 saturated carbocycles. The Morgan fingerprint density at radius 2 is 2.29 bits per heavy atom. The van der Waals surface area contributed by atoms with Gasteiger partial charge in [0.15, 0.2) is 0 Å². The van der Waals surface area contributed by atoms with Crippen molar-refractivity contribution in [3.05, 3.63) is 16.1 Å². The van der Waals surface area contributed by atoms with Crippen LogP contribution in [0, 0.1) is 0 Å². The minimum atomic E-state index is 0.568. The van der Waals surface area contributed by atoms with E-state index >= 15 is 0 Å². The number of hydrogen-bond donors (Lipinski definition) is 1. The fourth-order valence-corrected chi connectivity index (χ4v) is 3.41. The van der Waals surface area contributed by atoms with Gasteiger partial charge in [0.05, 0.1) is 10.7 Å². The molecule has 2 heterocycles. The van der Waals surface area contributed by atoms with Crippen molar-refractivity contribution in [3.8, 4) is 0 Å². The van der Waals surface area contributed by atoms with Crippen LogP contribution in [0.4, 0.5) is 0 Å². The summed E-state index contributed by atoms with van der Waals surface area (Å²) in [6.45, 7) is 5.05. The van der Waals surface area contributed by atoms with E-state index in [0.717, 1.165) is 39.0 Å². The van der Waals surface area contributed by atoms with Crippen LogP contribution in [0.1, 0.15) is 48.7 Å². The lowest BCUT2D eigenvalue weighted by molar-refractivity contribution is 0.0846. The second kappa shape index (κ2) is 6.47. The Kier molecular flexibility index (Phi) is 4.95. The van der Waals surface area contributed by atoms with Crippen molar-refractivity contribution in [1.29, 1.82) is 0 Å². The van der Waals surface area contributed by atoms with Crippen LogP contribution >= 0.6 is 11.3 Å². The van der Waals surface area contributed by atoms with Crippen LogP contribution in [-0.4, -0.2) is 31.8 Å². The minimum Gasteiger partial charge on any atom is -0.381 e. The summed E-state index contributed by atoms with van der Waals surface area (Å²) >= 11 is 1.82. The molecular weight excluding hydrogens is 232 g/mol. The first-order valence-corrected chi connectivity index (χ1v) is 7.40. The molecule has 1 saturated heterocycles. The number of hydrogen-bond acceptors (Lipinski definition) is 4. The highest BCUT2D eigenvalue weighted by Gasteiger charge is 2.20. The standard InChI is InChI=1S/C13H22N2OS/c1-3-10(8-14-2)13-15-12(9-17-13)11-4-6-16-7-5-11/h9-11,14H,3-8H2,1-2H3. The predicted octanol–water partition coefficient (Wildman–Crippen LogP) is 2.75. The van der Waals surface area contributed by atoms with Gasteiger partial charge in [0.2, 0.25) is 0 Å². The number of nitrogens with one attached hydrogen (secondary N) is 1. The summed E-state index contributed by atoms with van der Waals surface area (Å²) in [5, 5.41) is 6.80. The van der Waals surface area contributed by atoms with Crippen LogP contribution in [0.25, 0.3) is 0 Å². The molecule has 1 atom stereocenters. The first kappa shape index (κ1) is 13.0. The summed E-state index contributed by atoms with van der Waals surface area (Å²) in [4.78, 5) is 4.85. The summed E-state index contributed by atoms with van der Waals surface area (Å²) in [7, 11) is 2.01. The summed E-state index contributed by atoms with van der Waals surface area (Å²) in [6, 6.07) is 0. The van der Waals surface area contributed by atoms with Crippen molar-refractivity contribution in [2.24, 2.45) is 0 Å². The van der Waals surface area contributed by atoms with Crippen LogP contribution in [0.2, 0.25) is 0 Å². The normalized spacial score (nSPS) is 19.4. The van der Waals surface area contributed by atoms with E-state index in [9.17, 15) is 0 Å². The summed E-state index contributed by atoms with van der Waals surface area (Å²) in [5.74, 6) is 1.19. The molecule has 0 bridgehead atoms. The first-order chi connectivity index (χ1) is 8.35. The first-order valence-electron chi connectivity index (χ1n) is 6.52. The van der Waals surface area contributed by atoms with Gasteiger partial charge in [0, 0.05) is 37.0 Å². The fraction of sp³-hybridized carbons (Fsp3) is 0.769. The quantitative estimate of drug-likeness (QED) is 0.877. The van der Waals surface area contributed by atoms with Gasteiger partial charge in [-0.15, -0.1) is 11.3 Å². The van der Waals surface area contributed by atoms with Crippen molar-refractivity contribution in [2.45, 2.75) is 38.0 Å². The Bertz CT molecular complexity index is 315. The molecule has 1 aliphatic rings. The smallest absolute Gasteiger partial charge is 0.0971 e. The second-order valence-electron chi connectivity index (χ2n) is 4.66. The van der Waals surface area contributed by atoms with E-state index in [-0.39, 0.29) is 0 Å². The molecule has 0 amide bonds. The second-order valence-corrected chi connectivity index (χ2v) is 5.55. The number of nitrogens with zero attached hydrogens (tertiary/aromatic N) is 1. The number of ether oxygens (including phenoxy) is 1. The van der Waals surface area contributed by atoms with E-state index in [0.29, 0.717) is 11.8 Å². The minimum absolute atomic E-state index is 0.568. The lowest BCUT2D eigenvalue weighted by atomic mass is 9.97. The number of aromatic nitrogens is 1. The van der Waals surface area contributed by atoms with Gasteiger partial charge < -0.3 is 10.1 Å². The van der Waals surface area contributed by atoms with Crippen LogP contribution in [0.5, 0.6) is 0 Å². The molecule has 0 spiro atoms. The molecule has 0 aliphatic carbocycles. The Morgan fingerprint density at radius 3 is 2.94 bits per heavy atom. The van der Waals surface area contributed by atoms with Gasteiger partial charge in [-0.2, -0.15) is 0 Å². The van der Waals surface area contributed by atoms with Gasteiger partial charge in [0.25, 0.3) is 0 Å². The van der Waals surface area contributed by atoms with E-state index < -0.39 is 0 Å². The highest BCUT2D eigenvalue weighted by molar-refractivity contribution is 7.09. The maximum absolute atomic E-state index is 5.40. The highest BCUT2D eigenvalue weighted by atomic mass is 32.1. The van der Waals surface area contributed by atoms with Crippen LogP contribution < -0.4 is 5.32 Å². The number of thiazole rings is 1. The van der Waals surface area contributed by atoms with E-state index in [2.05, 4.69) is 17.6 Å². The Labute approximate surface area is 108 Å². The summed E-state index contributed by atoms with van der Waals surface area (Å²) < 4.78 is 5.40. The number of rotatable bonds is 5. The third kappa shape index (κ3) is 3.27. The topological polar surface area (TPSA) is 34.2 Å². The van der Waals surface area contributed by atoms with Gasteiger partial charge in [-0.1, -0.05) is 6.92 Å². The van der Waals surface area contributed by atoms with Gasteiger partial charge in [-0.3, -0.25) is 0 Å². The zero-order valence-corrected chi connectivity index (χ0v) is 11.6. The molecule has 96 valence electrons. The molecule has 1 N–H and O–H groups in total. The molecule has 1 aliphatic heterocycles. The molecule has 0 aromatic carbocycles. The molecule has 0 radical (unpaired) electrons. The van der Waals surface area contributed by atoms with Crippen molar-refractivity contribution in [1.82, 2.24) is 10.3 Å². The zero-order valence-electron chi connectivity index (χ0n) is 10.7. The Hall–Kier alpha value is -0.450. The summed E-state index contributed by atoms with van der Waals surface area (Å²) in [5.41, 5.74) is 1.29.